The molecule has 0 saturated heterocycles. The number of pyridine rings is 1. The molecule has 9 rings (SSSR count). The summed E-state index contributed by atoms with van der Waals surface area (Å²) in [6, 6.07) is 9.46. The zero-order chi connectivity index (χ0) is 55.2. The molecule has 8 aromatic rings. The SMILES string of the molecule is CNC(=O)C[C@@H]1NC(=O)c2csc(n2)-c2ccc(-c3nc(C(=O)NCCO)cs3)nc2-c2csc(n2)-c2csc(n2)C(C(O)c2ccccc2)NC(=O)CNC(=O)c2nc(sc2COC)[C@H](C(C)C)NC(=O)c2nc1sc2C. The molecule has 404 valence electrons. The first-order valence-corrected chi connectivity index (χ1v) is 29.1. The van der Waals surface area contributed by atoms with Gasteiger partial charge in [-0.3, -0.25) is 28.8 Å². The molecule has 78 heavy (non-hydrogen) atoms. The predicted octanol–water partition coefficient (Wildman–Crippen LogP) is 6.03. The molecule has 0 saturated carbocycles. The highest BCUT2D eigenvalue weighted by Crippen LogP contribution is 2.40. The monoisotopic (exact) mass is 1170 g/mol. The van der Waals surface area contributed by atoms with Crippen molar-refractivity contribution in [1.29, 1.82) is 0 Å². The Balaban J connectivity index is 1.13. The number of rotatable bonds is 11. The van der Waals surface area contributed by atoms with Crippen molar-refractivity contribution in [2.45, 2.75) is 58.0 Å². The molecule has 8 N–H and O–H groups in total. The summed E-state index contributed by atoms with van der Waals surface area (Å²) in [5.41, 5.74) is 2.82. The van der Waals surface area contributed by atoms with E-state index in [1.807, 2.05) is 13.8 Å². The van der Waals surface area contributed by atoms with Gasteiger partial charge in [0.15, 0.2) is 0 Å². The Labute approximate surface area is 469 Å². The highest BCUT2D eigenvalue weighted by Gasteiger charge is 2.33. The van der Waals surface area contributed by atoms with Crippen molar-refractivity contribution in [3.05, 3.63) is 117 Å². The van der Waals surface area contributed by atoms with Crippen molar-refractivity contribution >= 4 is 103 Å². The zero-order valence-corrected chi connectivity index (χ0v) is 47.0. The highest BCUT2D eigenvalue weighted by atomic mass is 32.1. The lowest BCUT2D eigenvalue weighted by atomic mass is 10.0. The van der Waals surface area contributed by atoms with Crippen LogP contribution in [0.5, 0.6) is 0 Å². The Hall–Kier alpha value is -7.15. The van der Waals surface area contributed by atoms with Crippen molar-refractivity contribution in [2.24, 2.45) is 5.92 Å². The fraction of sp³-hybridized carbons (Fsp3) is 0.300. The van der Waals surface area contributed by atoms with Gasteiger partial charge in [0.2, 0.25) is 11.8 Å². The minimum atomic E-state index is -1.27. The largest absolute Gasteiger partial charge is 0.395 e. The van der Waals surface area contributed by atoms with Crippen LogP contribution in [0, 0.1) is 12.8 Å². The molecule has 4 atom stereocenters. The third kappa shape index (κ3) is 12.4. The molecule has 1 aliphatic rings. The van der Waals surface area contributed by atoms with Gasteiger partial charge in [0.05, 0.1) is 48.8 Å². The van der Waals surface area contributed by atoms with Crippen LogP contribution in [0.1, 0.15) is 117 Å². The van der Waals surface area contributed by atoms with Crippen LogP contribution in [0.3, 0.4) is 0 Å². The number of carbonyl (C=O) groups excluding carboxylic acids is 6. The molecule has 1 aliphatic heterocycles. The summed E-state index contributed by atoms with van der Waals surface area (Å²) in [5.74, 6) is -3.58. The van der Waals surface area contributed by atoms with E-state index in [9.17, 15) is 39.0 Å². The molecule has 8 heterocycles. The number of nitrogens with one attached hydrogen (secondary N) is 6. The van der Waals surface area contributed by atoms with E-state index in [0.717, 1.165) is 11.3 Å². The van der Waals surface area contributed by atoms with E-state index < -0.39 is 66.2 Å². The summed E-state index contributed by atoms with van der Waals surface area (Å²) in [7, 11) is 2.94. The number of aromatic nitrogens is 7. The molecule has 28 heteroatoms. The Morgan fingerprint density at radius 2 is 1.44 bits per heavy atom. The van der Waals surface area contributed by atoms with Crippen molar-refractivity contribution in [3.63, 3.8) is 0 Å². The van der Waals surface area contributed by atoms with Gasteiger partial charge in [0.25, 0.3) is 23.6 Å². The predicted molar refractivity (Wildman–Crippen MR) is 296 cm³/mol. The van der Waals surface area contributed by atoms with Crippen molar-refractivity contribution < 1.29 is 43.7 Å². The molecule has 6 amide bonds. The van der Waals surface area contributed by atoms with Gasteiger partial charge in [-0.05, 0) is 30.5 Å². The van der Waals surface area contributed by atoms with Crippen molar-refractivity contribution in [3.8, 4) is 43.4 Å². The zero-order valence-electron chi connectivity index (χ0n) is 42.1. The quantitative estimate of drug-likeness (QED) is 0.0733. The third-order valence-corrected chi connectivity index (χ3v) is 17.6. The van der Waals surface area contributed by atoms with Crippen LogP contribution < -0.4 is 31.9 Å². The number of methoxy groups -OCH3 is 1. The van der Waals surface area contributed by atoms with Crippen molar-refractivity contribution in [1.82, 2.24) is 66.8 Å². The molecule has 22 nitrogen and oxygen atoms in total. The standard InChI is InChI=1S/C50H49N13O9S6/c1-22(2)35-50-63-38(32(78-50)17-72-5)43(70)53-16-34(66)60-39(40(67)24-9-7-6-8-10-24)49-59-31(21-76-49)47-56-28(18-74-47)37-25(11-12-26(54-37)46-58-29(19-75-46)41(68)52-13-14-64)45-57-30(20-73-45)42(69)55-27(15-33(65)51-4)48-62-36(23(3)77-48)44(71)61-35/h6-12,18-22,27,35,39-40,64,67H,13-17H2,1-5H3,(H,51,65)(H,52,68)(H,53,70)(H,55,69)(H,60,66)(H,61,71)/t27-,35-,39?,40?/m0/s1. The van der Waals surface area contributed by atoms with E-state index in [4.69, 9.17) is 24.7 Å². The Kier molecular flexibility index (Phi) is 17.6. The van der Waals surface area contributed by atoms with Gasteiger partial charge in [-0.2, -0.15) is 0 Å². The van der Waals surface area contributed by atoms with Gasteiger partial charge in [0, 0.05) is 52.7 Å². The number of aliphatic hydroxyl groups is 2. The Bertz CT molecular complexity index is 3510. The highest BCUT2D eigenvalue weighted by molar-refractivity contribution is 7.15. The fourth-order valence-electron chi connectivity index (χ4n) is 7.95. The molecular weight excluding hydrogens is 1120 g/mol. The second-order valence-electron chi connectivity index (χ2n) is 17.7. The number of nitrogens with zero attached hydrogens (tertiary/aromatic N) is 7. The van der Waals surface area contributed by atoms with Gasteiger partial charge in [-0.15, -0.1) is 68.0 Å². The minimum Gasteiger partial charge on any atom is -0.395 e. The van der Waals surface area contributed by atoms with Crippen LogP contribution in [0.4, 0.5) is 0 Å². The molecule has 0 fully saturated rings. The van der Waals surface area contributed by atoms with Gasteiger partial charge < -0.3 is 46.9 Å². The van der Waals surface area contributed by atoms with Crippen LogP contribution in [0.15, 0.2) is 64.0 Å². The summed E-state index contributed by atoms with van der Waals surface area (Å²) in [6.07, 6.45) is -1.49. The fourth-order valence-corrected chi connectivity index (χ4v) is 13.5. The number of carbonyl (C=O) groups is 6. The van der Waals surface area contributed by atoms with Crippen LogP contribution in [-0.2, 0) is 20.9 Å². The van der Waals surface area contributed by atoms with E-state index in [-0.39, 0.29) is 54.9 Å². The number of benzene rings is 1. The number of fused-ring (bicyclic) bond motifs is 14. The Morgan fingerprint density at radius 1 is 0.718 bits per heavy atom. The first-order chi connectivity index (χ1) is 37.6. The molecule has 2 unspecified atom stereocenters. The summed E-state index contributed by atoms with van der Waals surface area (Å²) >= 11 is 7.12. The van der Waals surface area contributed by atoms with E-state index in [1.165, 1.54) is 70.8 Å². The number of aryl methyl sites for hydroxylation is 1. The van der Waals surface area contributed by atoms with E-state index in [0.29, 0.717) is 73.7 Å². The lowest BCUT2D eigenvalue weighted by Gasteiger charge is -2.23. The molecular formula is C50H49N13O9S6. The average Bonchev–Trinajstić information content (AvgIpc) is 4.36. The van der Waals surface area contributed by atoms with Gasteiger partial charge in [-0.25, -0.2) is 34.9 Å². The lowest BCUT2D eigenvalue weighted by molar-refractivity contribution is -0.122. The number of hydrogen-bond acceptors (Lipinski definition) is 22. The molecule has 1 aromatic carbocycles. The number of aliphatic hydroxyl groups excluding tert-OH is 2. The molecule has 10 bridgehead atoms. The Morgan fingerprint density at radius 3 is 2.19 bits per heavy atom. The summed E-state index contributed by atoms with van der Waals surface area (Å²) in [5, 5.41) is 46.8. The molecule has 0 spiro atoms. The summed E-state index contributed by atoms with van der Waals surface area (Å²) in [4.78, 5) is 116. The van der Waals surface area contributed by atoms with E-state index in [2.05, 4.69) is 46.9 Å². The summed E-state index contributed by atoms with van der Waals surface area (Å²) < 4.78 is 5.44. The summed E-state index contributed by atoms with van der Waals surface area (Å²) in [6.45, 7) is 4.78. The van der Waals surface area contributed by atoms with Crippen LogP contribution in [0.2, 0.25) is 0 Å². The number of thiazole rings is 6. The molecule has 0 aliphatic carbocycles. The number of ether oxygens (including phenoxy) is 1. The molecule has 0 radical (unpaired) electrons. The lowest BCUT2D eigenvalue weighted by Crippen LogP contribution is -2.40. The maximum Gasteiger partial charge on any atom is 0.271 e. The van der Waals surface area contributed by atoms with Crippen molar-refractivity contribution in [2.75, 3.05) is 33.9 Å². The van der Waals surface area contributed by atoms with E-state index in [1.54, 1.807) is 70.9 Å². The maximum atomic E-state index is 14.2. The number of hydrogen-bond donors (Lipinski definition) is 8. The van der Waals surface area contributed by atoms with E-state index >= 15 is 0 Å². The third-order valence-electron chi connectivity index (χ3n) is 11.9. The first kappa shape index (κ1) is 55.6. The maximum absolute atomic E-state index is 14.2. The smallest absolute Gasteiger partial charge is 0.271 e. The second-order valence-corrected chi connectivity index (χ2v) is 23.5. The first-order valence-electron chi connectivity index (χ1n) is 23.9. The average molecular weight is 1170 g/mol. The minimum absolute atomic E-state index is 0.000352. The van der Waals surface area contributed by atoms with Gasteiger partial charge in [0.1, 0.15) is 82.0 Å². The van der Waals surface area contributed by atoms with Gasteiger partial charge in [-0.1, -0.05) is 44.2 Å². The van der Waals surface area contributed by atoms with Gasteiger partial charge >= 0.3 is 0 Å². The topological polar surface area (TPSA) is 315 Å². The second kappa shape index (κ2) is 24.7. The number of amides is 6. The van der Waals surface area contributed by atoms with Crippen LogP contribution >= 0.6 is 68.0 Å². The van der Waals surface area contributed by atoms with Crippen LogP contribution in [-0.4, -0.2) is 114 Å². The molecule has 7 aromatic heterocycles. The van der Waals surface area contributed by atoms with Crippen LogP contribution in [0.25, 0.3) is 43.4 Å². The normalized spacial score (nSPS) is 16.6.